The smallest absolute Gasteiger partial charge is 0.261 e. The van der Waals surface area contributed by atoms with Crippen LogP contribution in [0.4, 0.5) is 17.1 Å². The Morgan fingerprint density at radius 2 is 1.44 bits per heavy atom. The van der Waals surface area contributed by atoms with Crippen LogP contribution >= 0.6 is 11.6 Å². The van der Waals surface area contributed by atoms with Crippen molar-refractivity contribution in [3.63, 3.8) is 0 Å². The van der Waals surface area contributed by atoms with Gasteiger partial charge in [-0.25, -0.2) is 16.8 Å². The van der Waals surface area contributed by atoms with E-state index in [0.29, 0.717) is 11.4 Å². The second-order valence-corrected chi connectivity index (χ2v) is 10.8. The standard InChI is InChI=1S/C21H20ClN3O5S2/c1-31(27,28)25(20-10-6-5-9-19(20)22)15-21(26)23-16-11-13-18(14-12-16)32(29,30)24-17-7-3-2-4-8-17/h2-14,24H,15H2,1H3,(H,23,26). The Bertz CT molecular complexity index is 1310. The molecule has 32 heavy (non-hydrogen) atoms. The van der Waals surface area contributed by atoms with Crippen molar-refractivity contribution in [1.82, 2.24) is 0 Å². The van der Waals surface area contributed by atoms with Crippen LogP contribution in [-0.2, 0) is 24.8 Å². The number of sulfonamides is 2. The van der Waals surface area contributed by atoms with Gasteiger partial charge in [0.05, 0.1) is 21.9 Å². The first-order valence-corrected chi connectivity index (χ1v) is 13.0. The summed E-state index contributed by atoms with van der Waals surface area (Å²) in [6.07, 6.45) is 0.975. The lowest BCUT2D eigenvalue weighted by molar-refractivity contribution is -0.114. The molecule has 0 aliphatic rings. The van der Waals surface area contributed by atoms with Crippen molar-refractivity contribution in [3.8, 4) is 0 Å². The predicted octanol–water partition coefficient (Wildman–Crippen LogP) is 3.55. The van der Waals surface area contributed by atoms with Crippen LogP contribution in [0.3, 0.4) is 0 Å². The minimum atomic E-state index is -3.80. The van der Waals surface area contributed by atoms with Crippen LogP contribution in [0.25, 0.3) is 0 Å². The molecule has 0 saturated carbocycles. The molecule has 2 N–H and O–H groups in total. The molecule has 8 nitrogen and oxygen atoms in total. The lowest BCUT2D eigenvalue weighted by Gasteiger charge is -2.22. The van der Waals surface area contributed by atoms with Crippen LogP contribution in [0.5, 0.6) is 0 Å². The van der Waals surface area contributed by atoms with Crippen molar-refractivity contribution >= 4 is 54.6 Å². The van der Waals surface area contributed by atoms with Crippen molar-refractivity contribution in [3.05, 3.63) is 83.9 Å². The SMILES string of the molecule is CS(=O)(=O)N(CC(=O)Nc1ccc(S(=O)(=O)Nc2ccccc2)cc1)c1ccccc1Cl. The number of para-hydroxylation sites is 2. The summed E-state index contributed by atoms with van der Waals surface area (Å²) in [5, 5.41) is 2.75. The maximum Gasteiger partial charge on any atom is 0.261 e. The lowest BCUT2D eigenvalue weighted by atomic mass is 10.3. The first kappa shape index (κ1) is 23.6. The van der Waals surface area contributed by atoms with Crippen molar-refractivity contribution in [2.45, 2.75) is 4.90 Å². The Hall–Kier alpha value is -3.08. The number of hydrogen-bond acceptors (Lipinski definition) is 5. The highest BCUT2D eigenvalue weighted by Gasteiger charge is 2.23. The fourth-order valence-corrected chi connectivity index (χ4v) is 5.02. The molecule has 0 unspecified atom stereocenters. The van der Waals surface area contributed by atoms with Crippen LogP contribution in [0, 0.1) is 0 Å². The molecule has 1 amide bonds. The van der Waals surface area contributed by atoms with Gasteiger partial charge in [-0.1, -0.05) is 41.9 Å². The molecule has 11 heteroatoms. The summed E-state index contributed by atoms with van der Waals surface area (Å²) in [4.78, 5) is 12.5. The molecule has 3 aromatic carbocycles. The lowest BCUT2D eigenvalue weighted by Crippen LogP contribution is -2.37. The maximum atomic E-state index is 12.5. The van der Waals surface area contributed by atoms with Gasteiger partial charge in [-0.15, -0.1) is 0 Å². The molecular weight excluding hydrogens is 474 g/mol. The third-order valence-corrected chi connectivity index (χ3v) is 7.13. The van der Waals surface area contributed by atoms with Gasteiger partial charge in [-0.3, -0.25) is 13.8 Å². The average Bonchev–Trinajstić information content (AvgIpc) is 2.73. The monoisotopic (exact) mass is 493 g/mol. The second kappa shape index (κ2) is 9.60. The van der Waals surface area contributed by atoms with E-state index in [1.807, 2.05) is 0 Å². The molecule has 0 bridgehead atoms. The zero-order valence-electron chi connectivity index (χ0n) is 16.9. The van der Waals surface area contributed by atoms with Crippen LogP contribution in [-0.4, -0.2) is 35.5 Å². The van der Waals surface area contributed by atoms with Gasteiger partial charge in [0.15, 0.2) is 0 Å². The number of benzene rings is 3. The van der Waals surface area contributed by atoms with Crippen molar-refractivity contribution in [2.75, 3.05) is 27.1 Å². The van der Waals surface area contributed by atoms with Gasteiger partial charge in [-0.05, 0) is 48.5 Å². The van der Waals surface area contributed by atoms with Crippen molar-refractivity contribution in [2.24, 2.45) is 0 Å². The van der Waals surface area contributed by atoms with Gasteiger partial charge in [0, 0.05) is 11.4 Å². The minimum Gasteiger partial charge on any atom is -0.325 e. The van der Waals surface area contributed by atoms with Gasteiger partial charge in [-0.2, -0.15) is 0 Å². The number of carbonyl (C=O) groups is 1. The molecule has 168 valence electrons. The first-order chi connectivity index (χ1) is 15.1. The first-order valence-electron chi connectivity index (χ1n) is 9.26. The Kier molecular flexibility index (Phi) is 7.07. The topological polar surface area (TPSA) is 113 Å². The van der Waals surface area contributed by atoms with E-state index in [1.165, 1.54) is 36.4 Å². The average molecular weight is 494 g/mol. The molecule has 0 saturated heterocycles. The van der Waals surface area contributed by atoms with Gasteiger partial charge >= 0.3 is 0 Å². The molecule has 0 heterocycles. The molecule has 0 radical (unpaired) electrons. The third kappa shape index (κ3) is 6.00. The van der Waals surface area contributed by atoms with E-state index in [4.69, 9.17) is 11.6 Å². The normalized spacial score (nSPS) is 11.6. The Labute approximate surface area is 191 Å². The van der Waals surface area contributed by atoms with Gasteiger partial charge in [0.2, 0.25) is 15.9 Å². The summed E-state index contributed by atoms with van der Waals surface area (Å²) >= 11 is 6.09. The van der Waals surface area contributed by atoms with E-state index in [0.717, 1.165) is 10.6 Å². The van der Waals surface area contributed by atoms with E-state index >= 15 is 0 Å². The van der Waals surface area contributed by atoms with E-state index in [-0.39, 0.29) is 15.6 Å². The molecule has 0 aliphatic carbocycles. The van der Waals surface area contributed by atoms with Crippen molar-refractivity contribution in [1.29, 1.82) is 0 Å². The second-order valence-electron chi connectivity index (χ2n) is 6.77. The molecule has 0 aliphatic heterocycles. The van der Waals surface area contributed by atoms with Crippen molar-refractivity contribution < 1.29 is 21.6 Å². The number of carbonyl (C=O) groups excluding carboxylic acids is 1. The highest BCUT2D eigenvalue weighted by Crippen LogP contribution is 2.27. The Morgan fingerprint density at radius 1 is 0.844 bits per heavy atom. The molecule has 0 spiro atoms. The number of anilines is 3. The number of amides is 1. The number of rotatable bonds is 8. The molecule has 0 atom stereocenters. The summed E-state index contributed by atoms with van der Waals surface area (Å²) in [5.41, 5.74) is 0.909. The fourth-order valence-electron chi connectivity index (χ4n) is 2.80. The molecular formula is C21H20ClN3O5S2. The van der Waals surface area contributed by atoms with E-state index in [1.54, 1.807) is 42.5 Å². The fraction of sp³-hybridized carbons (Fsp3) is 0.0952. The van der Waals surface area contributed by atoms with Crippen LogP contribution in [0.2, 0.25) is 5.02 Å². The summed E-state index contributed by atoms with van der Waals surface area (Å²) < 4.78 is 52.7. The van der Waals surface area contributed by atoms with Crippen LogP contribution < -0.4 is 14.3 Å². The summed E-state index contributed by atoms with van der Waals surface area (Å²) in [5.74, 6) is -0.617. The predicted molar refractivity (Wildman–Crippen MR) is 126 cm³/mol. The van der Waals surface area contributed by atoms with Gasteiger partial charge < -0.3 is 5.32 Å². The van der Waals surface area contributed by atoms with E-state index < -0.39 is 32.5 Å². The number of nitrogens with zero attached hydrogens (tertiary/aromatic N) is 1. The highest BCUT2D eigenvalue weighted by atomic mass is 35.5. The third-order valence-electron chi connectivity index (χ3n) is 4.28. The quantitative estimate of drug-likeness (QED) is 0.498. The minimum absolute atomic E-state index is 0.00758. The summed E-state index contributed by atoms with van der Waals surface area (Å²) in [6, 6.07) is 20.2. The number of nitrogens with one attached hydrogen (secondary N) is 2. The Balaban J connectivity index is 1.72. The molecule has 3 aromatic rings. The molecule has 0 fully saturated rings. The zero-order valence-corrected chi connectivity index (χ0v) is 19.3. The number of halogens is 1. The zero-order chi connectivity index (χ0) is 23.4. The number of hydrogen-bond donors (Lipinski definition) is 2. The van der Waals surface area contributed by atoms with E-state index in [9.17, 15) is 21.6 Å². The Morgan fingerprint density at radius 3 is 2.03 bits per heavy atom. The molecule has 3 rings (SSSR count). The van der Waals surface area contributed by atoms with Gasteiger partial charge in [0.1, 0.15) is 6.54 Å². The largest absolute Gasteiger partial charge is 0.325 e. The van der Waals surface area contributed by atoms with Crippen LogP contribution in [0.1, 0.15) is 0 Å². The van der Waals surface area contributed by atoms with E-state index in [2.05, 4.69) is 10.0 Å². The highest BCUT2D eigenvalue weighted by molar-refractivity contribution is 7.92. The maximum absolute atomic E-state index is 12.5. The van der Waals surface area contributed by atoms with Crippen LogP contribution in [0.15, 0.2) is 83.8 Å². The van der Waals surface area contributed by atoms with Gasteiger partial charge in [0.25, 0.3) is 10.0 Å². The summed E-state index contributed by atoms with van der Waals surface area (Å²) in [7, 11) is -7.59. The molecule has 0 aromatic heterocycles. The summed E-state index contributed by atoms with van der Waals surface area (Å²) in [6.45, 7) is -0.502.